The monoisotopic (exact) mass is 347 g/mol. The molecule has 2 N–H and O–H groups in total. The quantitative estimate of drug-likeness (QED) is 0.421. The van der Waals surface area contributed by atoms with Crippen molar-refractivity contribution >= 4 is 35.1 Å². The molecule has 1 saturated carbocycles. The summed E-state index contributed by atoms with van der Waals surface area (Å²) in [6, 6.07) is 0.480. The molecule has 22 heavy (non-hydrogen) atoms. The van der Waals surface area contributed by atoms with Crippen molar-refractivity contribution in [1.29, 1.82) is 0 Å². The summed E-state index contributed by atoms with van der Waals surface area (Å²) in [6.07, 6.45) is 15.7. The molecule has 0 aromatic carbocycles. The molecule has 1 rings (SSSR count). The molecule has 1 amide bonds. The first-order valence-electron chi connectivity index (χ1n) is 7.01. The Morgan fingerprint density at radius 1 is 1.09 bits per heavy atom. The van der Waals surface area contributed by atoms with E-state index in [4.69, 9.17) is 41.2 Å². The molecule has 0 spiro atoms. The number of hydrogen-bond donors (Lipinski definition) is 2. The molecule has 4 nitrogen and oxygen atoms in total. The van der Waals surface area contributed by atoms with Gasteiger partial charge in [-0.15, -0.1) is 47.9 Å². The van der Waals surface area contributed by atoms with Crippen molar-refractivity contribution < 1.29 is 14.7 Å². The molecule has 0 aromatic rings. The summed E-state index contributed by atoms with van der Waals surface area (Å²) < 4.78 is 0. The van der Waals surface area contributed by atoms with Gasteiger partial charge in [0.2, 0.25) is 5.91 Å². The van der Waals surface area contributed by atoms with Gasteiger partial charge in [-0.2, -0.15) is 0 Å². The van der Waals surface area contributed by atoms with Gasteiger partial charge < -0.3 is 10.4 Å². The fourth-order valence-electron chi connectivity index (χ4n) is 1.22. The van der Waals surface area contributed by atoms with Gasteiger partial charge in [-0.3, -0.25) is 9.59 Å². The third-order valence-corrected chi connectivity index (χ3v) is 2.38. The lowest BCUT2D eigenvalue weighted by Gasteiger charge is -1.99. The van der Waals surface area contributed by atoms with Gasteiger partial charge in [0.25, 0.3) is 0 Å². The van der Waals surface area contributed by atoms with E-state index in [0.29, 0.717) is 31.7 Å². The van der Waals surface area contributed by atoms with E-state index in [1.54, 1.807) is 0 Å². The molecule has 0 atom stereocenters. The smallest absolute Gasteiger partial charge is 0.303 e. The Hall–Kier alpha value is -1.36. The van der Waals surface area contributed by atoms with Gasteiger partial charge in [-0.05, 0) is 25.7 Å². The van der Waals surface area contributed by atoms with Gasteiger partial charge in [0.15, 0.2) is 0 Å². The Labute approximate surface area is 142 Å². The average molecular weight is 348 g/mol. The van der Waals surface area contributed by atoms with Crippen LogP contribution >= 0.6 is 23.2 Å². The van der Waals surface area contributed by atoms with Crippen LogP contribution in [0.25, 0.3) is 0 Å². The van der Waals surface area contributed by atoms with Crippen molar-refractivity contribution in [3.63, 3.8) is 0 Å². The van der Waals surface area contributed by atoms with Crippen LogP contribution in [0.5, 0.6) is 0 Å². The zero-order chi connectivity index (χ0) is 17.2. The van der Waals surface area contributed by atoms with E-state index in [9.17, 15) is 9.59 Å². The zero-order valence-corrected chi connectivity index (χ0v) is 14.1. The van der Waals surface area contributed by atoms with E-state index in [1.807, 2.05) is 0 Å². The van der Waals surface area contributed by atoms with Crippen molar-refractivity contribution in [3.05, 3.63) is 0 Å². The number of amides is 1. The molecule has 0 radical (unpaired) electrons. The van der Waals surface area contributed by atoms with Crippen LogP contribution in [-0.2, 0) is 9.59 Å². The largest absolute Gasteiger partial charge is 0.481 e. The van der Waals surface area contributed by atoms with E-state index in [2.05, 4.69) is 17.2 Å². The molecule has 124 valence electrons. The summed E-state index contributed by atoms with van der Waals surface area (Å²) in [5, 5.41) is 11.2. The summed E-state index contributed by atoms with van der Waals surface area (Å²) in [4.78, 5) is 20.8. The topological polar surface area (TPSA) is 66.4 Å². The van der Waals surface area contributed by atoms with Crippen LogP contribution in [0.2, 0.25) is 0 Å². The summed E-state index contributed by atoms with van der Waals surface area (Å²) in [6.45, 7) is 0. The molecule has 0 heterocycles. The lowest BCUT2D eigenvalue weighted by Crippen LogP contribution is -2.24. The van der Waals surface area contributed by atoms with Gasteiger partial charge in [0.05, 0.1) is 5.34 Å². The van der Waals surface area contributed by atoms with Gasteiger partial charge in [-0.25, -0.2) is 0 Å². The molecule has 1 fully saturated rings. The molecular weight excluding hydrogens is 325 g/mol. The molecular formula is C16H23Cl2NO3. The van der Waals surface area contributed by atoms with Crippen LogP contribution in [0.3, 0.4) is 0 Å². The lowest BCUT2D eigenvalue weighted by atomic mass is 10.2. The summed E-state index contributed by atoms with van der Waals surface area (Å²) in [7, 11) is 0. The predicted molar refractivity (Wildman–Crippen MR) is 90.7 cm³/mol. The third-order valence-electron chi connectivity index (χ3n) is 2.38. The summed E-state index contributed by atoms with van der Waals surface area (Å²) >= 11 is 9.53. The van der Waals surface area contributed by atoms with Crippen molar-refractivity contribution in [3.8, 4) is 24.7 Å². The molecule has 0 bridgehead atoms. The first-order valence-corrected chi connectivity index (χ1v) is 8.08. The highest BCUT2D eigenvalue weighted by molar-refractivity contribution is 6.40. The minimum Gasteiger partial charge on any atom is -0.481 e. The highest BCUT2D eigenvalue weighted by atomic mass is 35.5. The Balaban J connectivity index is 0. The second-order valence-corrected chi connectivity index (χ2v) is 5.26. The van der Waals surface area contributed by atoms with Crippen molar-refractivity contribution in [2.75, 3.05) is 5.34 Å². The number of terminal acetylenes is 2. The lowest BCUT2D eigenvalue weighted by molar-refractivity contribution is -0.137. The molecule has 0 unspecified atom stereocenters. The Morgan fingerprint density at radius 2 is 1.55 bits per heavy atom. The number of rotatable bonds is 7. The first-order chi connectivity index (χ1) is 10.5. The summed E-state index contributed by atoms with van der Waals surface area (Å²) in [5.74, 6) is 4.25. The number of carbonyl (C=O) groups excluding carboxylic acids is 1. The van der Waals surface area contributed by atoms with Gasteiger partial charge in [-0.1, -0.05) is 0 Å². The van der Waals surface area contributed by atoms with E-state index in [1.165, 1.54) is 0 Å². The number of unbranched alkanes of at least 4 members (excludes halogenated alkanes) is 2. The van der Waals surface area contributed by atoms with E-state index >= 15 is 0 Å². The maximum absolute atomic E-state index is 11.0. The second-order valence-electron chi connectivity index (χ2n) is 4.45. The number of nitrogens with one attached hydrogen (secondary N) is 1. The number of aliphatic carboxylic acids is 1. The van der Waals surface area contributed by atoms with E-state index < -0.39 is 5.97 Å². The predicted octanol–water partition coefficient (Wildman–Crippen LogP) is 3.36. The zero-order valence-electron chi connectivity index (χ0n) is 12.6. The Morgan fingerprint density at radius 3 is 1.91 bits per heavy atom. The van der Waals surface area contributed by atoms with E-state index in [-0.39, 0.29) is 17.7 Å². The molecule has 0 saturated heterocycles. The molecule has 6 heteroatoms. The second kappa shape index (κ2) is 17.7. The standard InChI is InChI=1S/C9H13NO.C6H8O2.CH2Cl2/c1-2-3-4-5-9(11)10-8-6-7-8;1-2-3-4-5-6(7)8;2-1-3/h1,8H,3-7H2,(H,10,11);1H,3-5H2,(H,7,8);1H2. The van der Waals surface area contributed by atoms with Gasteiger partial charge in [0, 0.05) is 31.7 Å². The normalized spacial score (nSPS) is 11.5. The fraction of sp³-hybridized carbons (Fsp3) is 0.625. The number of carbonyl (C=O) groups is 2. The highest BCUT2D eigenvalue weighted by Crippen LogP contribution is 2.18. The SMILES string of the molecule is C#CCCCC(=O)NC1CC1.C#CCCCC(=O)O.ClCCl. The molecule has 1 aliphatic carbocycles. The van der Waals surface area contributed by atoms with Crippen molar-refractivity contribution in [2.45, 2.75) is 57.4 Å². The number of hydrogen-bond acceptors (Lipinski definition) is 2. The van der Waals surface area contributed by atoms with E-state index in [0.717, 1.165) is 19.3 Å². The van der Waals surface area contributed by atoms with Crippen LogP contribution in [0, 0.1) is 24.7 Å². The van der Waals surface area contributed by atoms with Crippen LogP contribution < -0.4 is 5.32 Å². The van der Waals surface area contributed by atoms with Gasteiger partial charge in [0.1, 0.15) is 0 Å². The van der Waals surface area contributed by atoms with Crippen LogP contribution in [0.4, 0.5) is 0 Å². The fourth-order valence-corrected chi connectivity index (χ4v) is 1.22. The van der Waals surface area contributed by atoms with Crippen LogP contribution in [0.1, 0.15) is 51.4 Å². The van der Waals surface area contributed by atoms with Crippen LogP contribution in [0.15, 0.2) is 0 Å². The first kappa shape index (κ1) is 22.9. The maximum Gasteiger partial charge on any atom is 0.303 e. The third kappa shape index (κ3) is 23.7. The Kier molecular flexibility index (Phi) is 18.4. The van der Waals surface area contributed by atoms with Crippen molar-refractivity contribution in [1.82, 2.24) is 5.32 Å². The molecule has 0 aromatic heterocycles. The molecule has 1 aliphatic rings. The number of carboxylic acid groups (broad SMARTS) is 1. The highest BCUT2D eigenvalue weighted by Gasteiger charge is 2.22. The number of alkyl halides is 2. The maximum atomic E-state index is 11.0. The molecule has 0 aliphatic heterocycles. The van der Waals surface area contributed by atoms with Crippen LogP contribution in [-0.4, -0.2) is 28.4 Å². The Bertz CT molecular complexity index is 382. The average Bonchev–Trinajstić information content (AvgIpc) is 3.24. The van der Waals surface area contributed by atoms with Crippen molar-refractivity contribution in [2.24, 2.45) is 0 Å². The van der Waals surface area contributed by atoms with Gasteiger partial charge >= 0.3 is 5.97 Å². The minimum atomic E-state index is -0.778. The minimum absolute atomic E-state index is 0.155. The number of carboxylic acids is 1. The summed E-state index contributed by atoms with van der Waals surface area (Å²) in [5.41, 5.74) is 0. The number of halogens is 2.